The van der Waals surface area contributed by atoms with Crippen LogP contribution in [0.3, 0.4) is 0 Å². The minimum Gasteiger partial charge on any atom is -0.459 e. The highest BCUT2D eigenvalue weighted by Crippen LogP contribution is 2.41. The monoisotopic (exact) mass is 762 g/mol. The second-order valence-corrected chi connectivity index (χ2v) is 17.0. The fourth-order valence-electron chi connectivity index (χ4n) is 8.73. The molecular formula is C38H70N2O13. The van der Waals surface area contributed by atoms with E-state index in [2.05, 4.69) is 5.16 Å². The Hall–Kier alpha value is -1.50. The lowest BCUT2D eigenvalue weighted by Crippen LogP contribution is -2.61. The van der Waals surface area contributed by atoms with Crippen molar-refractivity contribution in [1.29, 1.82) is 0 Å². The molecule has 3 saturated heterocycles. The molecule has 310 valence electrons. The number of ether oxygens (including phenoxy) is 6. The van der Waals surface area contributed by atoms with Gasteiger partial charge >= 0.3 is 5.97 Å². The van der Waals surface area contributed by atoms with Crippen molar-refractivity contribution in [3.05, 3.63) is 0 Å². The number of nitrogens with zero attached hydrogens (tertiary/aromatic N) is 2. The zero-order chi connectivity index (χ0) is 40.4. The Kier molecular flexibility index (Phi) is 15.7. The summed E-state index contributed by atoms with van der Waals surface area (Å²) in [6, 6.07) is -0.323. The third kappa shape index (κ3) is 10.1. The number of carbonyl (C=O) groups excluding carboxylic acids is 1. The molecule has 0 aromatic heterocycles. The van der Waals surface area contributed by atoms with Crippen LogP contribution in [0, 0.1) is 23.7 Å². The van der Waals surface area contributed by atoms with Gasteiger partial charge in [-0.05, 0) is 74.9 Å². The van der Waals surface area contributed by atoms with E-state index < -0.39 is 102 Å². The molecule has 6 N–H and O–H groups in total. The molecule has 3 aliphatic heterocycles. The molecular weight excluding hydrogens is 692 g/mol. The van der Waals surface area contributed by atoms with E-state index >= 15 is 0 Å². The minimum absolute atomic E-state index is 0.0646. The fourth-order valence-corrected chi connectivity index (χ4v) is 8.73. The summed E-state index contributed by atoms with van der Waals surface area (Å²) in [7, 11) is 5.19. The van der Waals surface area contributed by atoms with Gasteiger partial charge in [0.05, 0.1) is 53.4 Å². The van der Waals surface area contributed by atoms with Crippen LogP contribution in [0.4, 0.5) is 0 Å². The van der Waals surface area contributed by atoms with Crippen LogP contribution in [-0.4, -0.2) is 153 Å². The third-order valence-corrected chi connectivity index (χ3v) is 12.2. The van der Waals surface area contributed by atoms with Crippen molar-refractivity contribution in [3.63, 3.8) is 0 Å². The van der Waals surface area contributed by atoms with Gasteiger partial charge < -0.3 is 64.1 Å². The number of likely N-dealkylation sites (N-methyl/N-ethyl adjacent to an activating group) is 1. The lowest BCUT2D eigenvalue weighted by Gasteiger charge is -2.49. The zero-order valence-corrected chi connectivity index (χ0v) is 34.1. The van der Waals surface area contributed by atoms with E-state index in [1.54, 1.807) is 48.5 Å². The Labute approximate surface area is 315 Å². The molecule has 0 amide bonds. The Morgan fingerprint density at radius 3 is 2.09 bits per heavy atom. The van der Waals surface area contributed by atoms with E-state index in [1.807, 2.05) is 32.8 Å². The summed E-state index contributed by atoms with van der Waals surface area (Å²) < 4.78 is 37.4. The molecule has 3 aliphatic rings. The van der Waals surface area contributed by atoms with E-state index in [1.165, 1.54) is 14.0 Å². The van der Waals surface area contributed by atoms with E-state index in [0.29, 0.717) is 12.8 Å². The topological polar surface area (TPSA) is 209 Å². The molecule has 0 unspecified atom stereocenters. The van der Waals surface area contributed by atoms with Crippen molar-refractivity contribution in [2.75, 3.05) is 21.2 Å². The van der Waals surface area contributed by atoms with Crippen LogP contribution in [0.15, 0.2) is 5.16 Å². The molecule has 3 rings (SSSR count). The Morgan fingerprint density at radius 1 is 0.925 bits per heavy atom. The number of aliphatic hydroxyl groups excluding tert-OH is 3. The molecule has 0 spiro atoms. The molecule has 18 atom stereocenters. The van der Waals surface area contributed by atoms with Gasteiger partial charge in [-0.15, -0.1) is 0 Å². The largest absolute Gasteiger partial charge is 0.459 e. The number of methoxy groups -OCH3 is 1. The molecule has 0 aliphatic carbocycles. The molecule has 3 heterocycles. The predicted octanol–water partition coefficient (Wildman–Crippen LogP) is 2.44. The maximum atomic E-state index is 14.2. The average Bonchev–Trinajstić information content (AvgIpc) is 3.07. The number of hydrogen-bond donors (Lipinski definition) is 6. The molecule has 0 aromatic carbocycles. The van der Waals surface area contributed by atoms with Crippen LogP contribution in [0.1, 0.15) is 101 Å². The average molecular weight is 763 g/mol. The fraction of sp³-hybridized carbons (Fsp3) is 0.947. The second-order valence-electron chi connectivity index (χ2n) is 17.0. The van der Waals surface area contributed by atoms with Crippen molar-refractivity contribution in [2.24, 2.45) is 28.8 Å². The van der Waals surface area contributed by atoms with Gasteiger partial charge in [0.2, 0.25) is 0 Å². The summed E-state index contributed by atoms with van der Waals surface area (Å²) in [5.74, 6) is -4.23. The van der Waals surface area contributed by atoms with E-state index in [9.17, 15) is 35.5 Å². The van der Waals surface area contributed by atoms with Crippen molar-refractivity contribution >= 4 is 11.7 Å². The number of cyclic esters (lactones) is 1. The lowest BCUT2D eigenvalue weighted by atomic mass is 9.73. The maximum absolute atomic E-state index is 14.2. The summed E-state index contributed by atoms with van der Waals surface area (Å²) in [6.45, 7) is 16.8. The normalized spacial score (nSPS) is 49.1. The molecule has 3 fully saturated rings. The third-order valence-electron chi connectivity index (χ3n) is 12.2. The van der Waals surface area contributed by atoms with Gasteiger partial charge in [-0.1, -0.05) is 39.3 Å². The Bertz CT molecular complexity index is 1220. The Balaban J connectivity index is 2.22. The van der Waals surface area contributed by atoms with Gasteiger partial charge in [-0.3, -0.25) is 4.79 Å². The molecule has 0 saturated carbocycles. The highest BCUT2D eigenvalue weighted by Gasteiger charge is 2.53. The number of hydrogen-bond acceptors (Lipinski definition) is 15. The van der Waals surface area contributed by atoms with Crippen LogP contribution in [0.25, 0.3) is 0 Å². The van der Waals surface area contributed by atoms with E-state index in [0.717, 1.165) is 0 Å². The summed E-state index contributed by atoms with van der Waals surface area (Å²) >= 11 is 0. The van der Waals surface area contributed by atoms with Crippen LogP contribution in [-0.2, 0) is 33.2 Å². The SMILES string of the molecule is CCC[C@H]1OC(=O)[C@H](C)[C@@H](O[C@H]2C[C@@](C)(OC)[C@@H](O)[C@H](C)O2)[C@H](C)[C@@H](O[C@@H]2O[C@H](C)C[C@H](N(C)C)[C@H]2O)[C@](C)(O)C[C@@H](C)C(=NO)[C@H](C)[C@@H](O)[C@]1(C)O. The van der Waals surface area contributed by atoms with Gasteiger partial charge in [-0.2, -0.15) is 0 Å². The highest BCUT2D eigenvalue weighted by atomic mass is 16.7. The molecule has 0 aromatic rings. The zero-order valence-electron chi connectivity index (χ0n) is 34.1. The maximum Gasteiger partial charge on any atom is 0.311 e. The highest BCUT2D eigenvalue weighted by molar-refractivity contribution is 5.88. The standard InChI is InChI=1S/C38H70N2O13/c1-14-15-26-38(10,46)31(42)21(4)28(39-47)19(2)17-36(8,45)33(53-35-29(41)25(40(11)12)16-20(3)49-35)22(5)30(23(6)34(44)51-26)52-27-18-37(9,48-13)32(43)24(7)50-27/h19-27,29-33,35,41-43,45-47H,14-18H2,1-13H3/t19-,20-,21+,22+,23-,24+,25+,26-,27+,29-,30+,31-,32+,33-,35+,36-,37-,38-/m1/s1. The van der Waals surface area contributed by atoms with Gasteiger partial charge in [0.25, 0.3) is 0 Å². The summed E-state index contributed by atoms with van der Waals surface area (Å²) in [4.78, 5) is 16.1. The number of carbonyl (C=O) groups is 1. The van der Waals surface area contributed by atoms with Crippen LogP contribution < -0.4 is 0 Å². The number of rotatable bonds is 8. The van der Waals surface area contributed by atoms with Crippen LogP contribution in [0.2, 0.25) is 0 Å². The first-order valence-electron chi connectivity index (χ1n) is 19.2. The van der Waals surface area contributed by atoms with Crippen LogP contribution in [0.5, 0.6) is 0 Å². The lowest BCUT2D eigenvalue weighted by molar-refractivity contribution is -0.317. The van der Waals surface area contributed by atoms with Crippen LogP contribution >= 0.6 is 0 Å². The second kappa shape index (κ2) is 18.2. The smallest absolute Gasteiger partial charge is 0.311 e. The quantitative estimate of drug-likeness (QED) is 0.119. The van der Waals surface area contributed by atoms with E-state index in [-0.39, 0.29) is 37.1 Å². The predicted molar refractivity (Wildman–Crippen MR) is 195 cm³/mol. The van der Waals surface area contributed by atoms with Gasteiger partial charge in [0, 0.05) is 37.3 Å². The molecule has 15 heteroatoms. The summed E-state index contributed by atoms with van der Waals surface area (Å²) in [6.07, 6.45) is -8.92. The van der Waals surface area contributed by atoms with Crippen molar-refractivity contribution in [2.45, 2.75) is 186 Å². The van der Waals surface area contributed by atoms with Crippen molar-refractivity contribution < 1.29 is 64.0 Å². The number of aliphatic hydroxyl groups is 5. The van der Waals surface area contributed by atoms with Gasteiger partial charge in [0.1, 0.15) is 23.9 Å². The molecule has 15 nitrogen and oxygen atoms in total. The Morgan fingerprint density at radius 2 is 1.55 bits per heavy atom. The van der Waals surface area contributed by atoms with Crippen molar-refractivity contribution in [3.8, 4) is 0 Å². The summed E-state index contributed by atoms with van der Waals surface area (Å²) in [5.41, 5.74) is -4.67. The first-order valence-corrected chi connectivity index (χ1v) is 19.2. The number of esters is 1. The van der Waals surface area contributed by atoms with E-state index in [4.69, 9.17) is 28.4 Å². The molecule has 53 heavy (non-hydrogen) atoms. The molecule has 0 bridgehead atoms. The first-order chi connectivity index (χ1) is 24.5. The molecule has 0 radical (unpaired) electrons. The van der Waals surface area contributed by atoms with Gasteiger partial charge in [0.15, 0.2) is 12.6 Å². The van der Waals surface area contributed by atoms with Gasteiger partial charge in [-0.25, -0.2) is 0 Å². The van der Waals surface area contributed by atoms with Crippen molar-refractivity contribution in [1.82, 2.24) is 4.90 Å². The number of oxime groups is 1. The first kappa shape index (κ1) is 45.9. The summed E-state index contributed by atoms with van der Waals surface area (Å²) in [5, 5.41) is 72.2. The minimum atomic E-state index is -1.97.